The number of amides is 1. The fraction of sp³-hybridized carbons (Fsp3) is 0.364. The Hall–Kier alpha value is -1.00. The van der Waals surface area contributed by atoms with Gasteiger partial charge in [-0.25, -0.2) is 0 Å². The van der Waals surface area contributed by atoms with E-state index in [4.69, 9.17) is 5.73 Å². The molecule has 0 aliphatic heterocycles. The monoisotopic (exact) mass is 224 g/mol. The molecule has 1 rings (SSSR count). The summed E-state index contributed by atoms with van der Waals surface area (Å²) in [5.41, 5.74) is 6.40. The van der Waals surface area contributed by atoms with Gasteiger partial charge in [0.2, 0.25) is 5.91 Å². The molecule has 0 radical (unpaired) electrons. The lowest BCUT2D eigenvalue weighted by atomic mass is 10.1. The van der Waals surface area contributed by atoms with Crippen LogP contribution in [0.2, 0.25) is 0 Å². The molecule has 0 bridgehead atoms. The lowest BCUT2D eigenvalue weighted by molar-refractivity contribution is -0.120. The van der Waals surface area contributed by atoms with Crippen molar-refractivity contribution in [2.75, 3.05) is 13.1 Å². The maximum absolute atomic E-state index is 11.5. The lowest BCUT2D eigenvalue weighted by Gasteiger charge is -2.10. The molecule has 1 aromatic carbocycles. The van der Waals surface area contributed by atoms with E-state index in [1.807, 2.05) is 30.3 Å². The average Bonchev–Trinajstić information content (AvgIpc) is 2.27. The van der Waals surface area contributed by atoms with Crippen LogP contribution >= 0.6 is 12.6 Å². The van der Waals surface area contributed by atoms with E-state index in [0.717, 1.165) is 5.56 Å². The van der Waals surface area contributed by atoms with Crippen LogP contribution in [0.15, 0.2) is 30.3 Å². The molecule has 1 unspecified atom stereocenters. The van der Waals surface area contributed by atoms with Crippen LogP contribution in [-0.4, -0.2) is 24.2 Å². The number of thiol groups is 1. The molecular formula is C11H16N2OS. The van der Waals surface area contributed by atoms with Crippen LogP contribution in [0.5, 0.6) is 0 Å². The van der Waals surface area contributed by atoms with Crippen molar-refractivity contribution in [3.63, 3.8) is 0 Å². The van der Waals surface area contributed by atoms with E-state index >= 15 is 0 Å². The van der Waals surface area contributed by atoms with Gasteiger partial charge in [-0.15, -0.1) is 0 Å². The van der Waals surface area contributed by atoms with E-state index in [9.17, 15) is 4.79 Å². The van der Waals surface area contributed by atoms with Gasteiger partial charge in [0.15, 0.2) is 0 Å². The van der Waals surface area contributed by atoms with Crippen molar-refractivity contribution in [2.45, 2.75) is 11.7 Å². The Bertz CT molecular complexity index is 303. The second-order valence-corrected chi connectivity index (χ2v) is 3.91. The van der Waals surface area contributed by atoms with E-state index in [2.05, 4.69) is 17.9 Å². The van der Waals surface area contributed by atoms with Crippen LogP contribution in [0.25, 0.3) is 0 Å². The minimum absolute atomic E-state index is 0.0624. The van der Waals surface area contributed by atoms with Crippen LogP contribution in [-0.2, 0) is 11.2 Å². The smallest absolute Gasteiger partial charge is 0.233 e. The van der Waals surface area contributed by atoms with Crippen molar-refractivity contribution in [1.82, 2.24) is 5.32 Å². The van der Waals surface area contributed by atoms with Crippen LogP contribution in [0.4, 0.5) is 0 Å². The number of hydrogen-bond acceptors (Lipinski definition) is 3. The number of rotatable bonds is 5. The van der Waals surface area contributed by atoms with Gasteiger partial charge in [0.25, 0.3) is 0 Å². The summed E-state index contributed by atoms with van der Waals surface area (Å²) in [5.74, 6) is -0.0624. The SMILES string of the molecule is NCCNC(=O)C(S)Cc1ccccc1. The highest BCUT2D eigenvalue weighted by Gasteiger charge is 2.13. The van der Waals surface area contributed by atoms with Gasteiger partial charge in [0.05, 0.1) is 5.25 Å². The van der Waals surface area contributed by atoms with Crippen molar-refractivity contribution in [3.05, 3.63) is 35.9 Å². The first kappa shape index (κ1) is 12.1. The summed E-state index contributed by atoms with van der Waals surface area (Å²) in [5, 5.41) is 2.41. The summed E-state index contributed by atoms with van der Waals surface area (Å²) in [6.45, 7) is 0.961. The maximum Gasteiger partial charge on any atom is 0.233 e. The lowest BCUT2D eigenvalue weighted by Crippen LogP contribution is -2.35. The summed E-state index contributed by atoms with van der Waals surface area (Å²) >= 11 is 4.26. The second kappa shape index (κ2) is 6.48. The predicted molar refractivity (Wildman–Crippen MR) is 65.0 cm³/mol. The van der Waals surface area contributed by atoms with Gasteiger partial charge in [-0.05, 0) is 12.0 Å². The molecule has 0 aromatic heterocycles. The van der Waals surface area contributed by atoms with Gasteiger partial charge in [-0.1, -0.05) is 30.3 Å². The fourth-order valence-corrected chi connectivity index (χ4v) is 1.55. The largest absolute Gasteiger partial charge is 0.354 e. The number of nitrogens with one attached hydrogen (secondary N) is 1. The molecule has 0 saturated heterocycles. The van der Waals surface area contributed by atoms with Crippen molar-refractivity contribution >= 4 is 18.5 Å². The second-order valence-electron chi connectivity index (χ2n) is 3.29. The van der Waals surface area contributed by atoms with E-state index in [1.54, 1.807) is 0 Å². The van der Waals surface area contributed by atoms with Crippen molar-refractivity contribution < 1.29 is 4.79 Å². The zero-order valence-corrected chi connectivity index (χ0v) is 9.41. The Morgan fingerprint density at radius 2 is 2.07 bits per heavy atom. The van der Waals surface area contributed by atoms with Crippen LogP contribution in [0.1, 0.15) is 5.56 Å². The molecule has 0 fully saturated rings. The van der Waals surface area contributed by atoms with Crippen LogP contribution in [0.3, 0.4) is 0 Å². The molecule has 3 N–H and O–H groups in total. The molecule has 1 atom stereocenters. The molecule has 3 nitrogen and oxygen atoms in total. The molecule has 0 saturated carbocycles. The summed E-state index contributed by atoms with van der Waals surface area (Å²) in [6.07, 6.45) is 0.639. The molecule has 1 aromatic rings. The Balaban J connectivity index is 2.41. The Labute approximate surface area is 95.5 Å². The summed E-state index contributed by atoms with van der Waals surface area (Å²) in [4.78, 5) is 11.5. The van der Waals surface area contributed by atoms with Crippen molar-refractivity contribution in [1.29, 1.82) is 0 Å². The normalized spacial score (nSPS) is 12.1. The first-order valence-electron chi connectivity index (χ1n) is 4.94. The Morgan fingerprint density at radius 1 is 1.40 bits per heavy atom. The quantitative estimate of drug-likeness (QED) is 0.642. The fourth-order valence-electron chi connectivity index (χ4n) is 1.24. The molecule has 0 aliphatic rings. The van der Waals surface area contributed by atoms with E-state index < -0.39 is 0 Å². The molecule has 15 heavy (non-hydrogen) atoms. The third-order valence-corrected chi connectivity index (χ3v) is 2.44. The van der Waals surface area contributed by atoms with Gasteiger partial charge in [-0.3, -0.25) is 4.79 Å². The maximum atomic E-state index is 11.5. The number of carbonyl (C=O) groups excluding carboxylic acids is 1. The van der Waals surface area contributed by atoms with Crippen molar-refractivity contribution in [3.8, 4) is 0 Å². The van der Waals surface area contributed by atoms with Gasteiger partial charge < -0.3 is 11.1 Å². The highest BCUT2D eigenvalue weighted by atomic mass is 32.1. The third kappa shape index (κ3) is 4.36. The van der Waals surface area contributed by atoms with E-state index in [0.29, 0.717) is 19.5 Å². The van der Waals surface area contributed by atoms with Gasteiger partial charge in [0.1, 0.15) is 0 Å². The van der Waals surface area contributed by atoms with E-state index in [-0.39, 0.29) is 11.2 Å². The van der Waals surface area contributed by atoms with Crippen LogP contribution < -0.4 is 11.1 Å². The number of carbonyl (C=O) groups is 1. The Morgan fingerprint density at radius 3 is 2.67 bits per heavy atom. The zero-order chi connectivity index (χ0) is 11.1. The molecule has 0 spiro atoms. The molecule has 1 amide bonds. The first-order chi connectivity index (χ1) is 7.24. The molecule has 0 heterocycles. The zero-order valence-electron chi connectivity index (χ0n) is 8.52. The molecular weight excluding hydrogens is 208 g/mol. The van der Waals surface area contributed by atoms with Gasteiger partial charge in [-0.2, -0.15) is 12.6 Å². The topological polar surface area (TPSA) is 55.1 Å². The highest BCUT2D eigenvalue weighted by Crippen LogP contribution is 2.07. The van der Waals surface area contributed by atoms with Crippen molar-refractivity contribution in [2.24, 2.45) is 5.73 Å². The minimum Gasteiger partial charge on any atom is -0.354 e. The molecule has 0 aliphatic carbocycles. The molecule has 82 valence electrons. The average molecular weight is 224 g/mol. The number of hydrogen-bond donors (Lipinski definition) is 3. The minimum atomic E-state index is -0.307. The number of benzene rings is 1. The molecule has 4 heteroatoms. The summed E-state index contributed by atoms with van der Waals surface area (Å²) in [6, 6.07) is 9.83. The third-order valence-electron chi connectivity index (χ3n) is 2.02. The summed E-state index contributed by atoms with van der Waals surface area (Å²) in [7, 11) is 0. The van der Waals surface area contributed by atoms with E-state index in [1.165, 1.54) is 0 Å². The predicted octanol–water partition coefficient (Wildman–Crippen LogP) is 0.602. The van der Waals surface area contributed by atoms with Crippen LogP contribution in [0, 0.1) is 0 Å². The first-order valence-corrected chi connectivity index (χ1v) is 5.45. The van der Waals surface area contributed by atoms with Gasteiger partial charge in [0, 0.05) is 13.1 Å². The highest BCUT2D eigenvalue weighted by molar-refractivity contribution is 7.81. The summed E-state index contributed by atoms with van der Waals surface area (Å²) < 4.78 is 0. The van der Waals surface area contributed by atoms with Gasteiger partial charge >= 0.3 is 0 Å². The Kier molecular flexibility index (Phi) is 5.21. The number of nitrogens with two attached hydrogens (primary N) is 1. The standard InChI is InChI=1S/C11H16N2OS/c12-6-7-13-11(14)10(15)8-9-4-2-1-3-5-9/h1-5,10,15H,6-8,12H2,(H,13,14).